The van der Waals surface area contributed by atoms with Gasteiger partial charge >= 0.3 is 0 Å². The van der Waals surface area contributed by atoms with Crippen LogP contribution in [0.15, 0.2) is 18.2 Å². The number of carbonyl (C=O) groups is 2. The smallest absolute Gasteiger partial charge is 0.219 e. The molecule has 5 heteroatoms. The number of Topliss-reactive ketones (excluding diaryl/α,β-unsaturated/α-hetero) is 1. The lowest BCUT2D eigenvalue weighted by Gasteiger charge is -2.35. The molecule has 2 rings (SSSR count). The summed E-state index contributed by atoms with van der Waals surface area (Å²) in [6.07, 6.45) is 3.50. The number of hydrogen-bond acceptors (Lipinski definition) is 4. The molecule has 0 bridgehead atoms. The molecule has 1 amide bonds. The Bertz CT molecular complexity index is 649. The highest BCUT2D eigenvalue weighted by atomic mass is 16.1. The van der Waals surface area contributed by atoms with Gasteiger partial charge in [0.25, 0.3) is 0 Å². The van der Waals surface area contributed by atoms with Crippen LogP contribution in [0.1, 0.15) is 55.5 Å². The molecule has 1 aliphatic rings. The van der Waals surface area contributed by atoms with Crippen LogP contribution in [0.25, 0.3) is 0 Å². The molecule has 0 saturated carbocycles. The van der Waals surface area contributed by atoms with Crippen molar-refractivity contribution in [3.8, 4) is 6.07 Å². The number of hydrogen-bond donors (Lipinski definition) is 1. The Morgan fingerprint density at radius 2 is 2.21 bits per heavy atom. The molecule has 0 aromatic heterocycles. The quantitative estimate of drug-likeness (QED) is 0.815. The van der Waals surface area contributed by atoms with Crippen molar-refractivity contribution in [1.29, 1.82) is 5.26 Å². The lowest BCUT2D eigenvalue weighted by atomic mass is 9.95. The van der Waals surface area contributed by atoms with Crippen molar-refractivity contribution in [3.63, 3.8) is 0 Å². The molecule has 1 N–H and O–H groups in total. The molecule has 1 fully saturated rings. The fraction of sp³-hybridized carbons (Fsp3) is 0.526. The minimum absolute atomic E-state index is 0.00728. The van der Waals surface area contributed by atoms with E-state index in [1.165, 1.54) is 0 Å². The second-order valence-electron chi connectivity index (χ2n) is 6.41. The van der Waals surface area contributed by atoms with Gasteiger partial charge in [0.2, 0.25) is 5.91 Å². The van der Waals surface area contributed by atoms with Crippen LogP contribution in [0, 0.1) is 17.2 Å². The molecule has 1 aromatic rings. The average molecular weight is 327 g/mol. The number of rotatable bonds is 6. The molecular formula is C19H25N3O2. The summed E-state index contributed by atoms with van der Waals surface area (Å²) in [5.41, 5.74) is 2.06. The summed E-state index contributed by atoms with van der Waals surface area (Å²) in [6, 6.07) is 7.37. The summed E-state index contributed by atoms with van der Waals surface area (Å²) in [6.45, 7) is 5.88. The largest absolute Gasteiger partial charge is 0.371 e. The second-order valence-corrected chi connectivity index (χ2v) is 6.41. The Labute approximate surface area is 143 Å². The maximum Gasteiger partial charge on any atom is 0.219 e. The molecule has 1 heterocycles. The lowest BCUT2D eigenvalue weighted by molar-refractivity contribution is -0.121. The number of benzene rings is 1. The van der Waals surface area contributed by atoms with Crippen molar-refractivity contribution >= 4 is 17.4 Å². The number of amides is 1. The van der Waals surface area contributed by atoms with E-state index in [-0.39, 0.29) is 11.7 Å². The van der Waals surface area contributed by atoms with Crippen molar-refractivity contribution in [3.05, 3.63) is 29.3 Å². The first kappa shape index (κ1) is 18.0. The van der Waals surface area contributed by atoms with Gasteiger partial charge in [0.15, 0.2) is 5.78 Å². The first-order chi connectivity index (χ1) is 11.5. The summed E-state index contributed by atoms with van der Waals surface area (Å²) in [5.74, 6) is 0.475. The SMILES string of the molecule is CCCC(=O)NCC1CCCN(c2cc(C#N)ccc2C(C)=O)C1. The van der Waals surface area contributed by atoms with E-state index in [1.807, 2.05) is 6.92 Å². The van der Waals surface area contributed by atoms with Gasteiger partial charge in [0.05, 0.1) is 11.6 Å². The van der Waals surface area contributed by atoms with Gasteiger partial charge in [-0.3, -0.25) is 9.59 Å². The summed E-state index contributed by atoms with van der Waals surface area (Å²) >= 11 is 0. The molecule has 128 valence electrons. The van der Waals surface area contributed by atoms with E-state index >= 15 is 0 Å². The van der Waals surface area contributed by atoms with Gasteiger partial charge in [-0.1, -0.05) is 6.92 Å². The summed E-state index contributed by atoms with van der Waals surface area (Å²) < 4.78 is 0. The van der Waals surface area contributed by atoms with Crippen molar-refractivity contribution in [2.24, 2.45) is 5.92 Å². The van der Waals surface area contributed by atoms with Gasteiger partial charge in [0, 0.05) is 37.3 Å². The molecule has 0 aliphatic carbocycles. The van der Waals surface area contributed by atoms with Crippen LogP contribution >= 0.6 is 0 Å². The predicted molar refractivity (Wildman–Crippen MR) is 94.0 cm³/mol. The van der Waals surface area contributed by atoms with Gasteiger partial charge in [-0.25, -0.2) is 0 Å². The monoisotopic (exact) mass is 327 g/mol. The van der Waals surface area contributed by atoms with Crippen LogP contribution in [-0.4, -0.2) is 31.3 Å². The van der Waals surface area contributed by atoms with Crippen LogP contribution in [0.2, 0.25) is 0 Å². The average Bonchev–Trinajstić information content (AvgIpc) is 2.60. The maximum absolute atomic E-state index is 11.9. The second kappa shape index (κ2) is 8.49. The van der Waals surface area contributed by atoms with Crippen LogP contribution < -0.4 is 10.2 Å². The number of piperidine rings is 1. The summed E-state index contributed by atoms with van der Waals surface area (Å²) in [5, 5.41) is 12.1. The van der Waals surface area contributed by atoms with E-state index in [0.717, 1.165) is 38.0 Å². The van der Waals surface area contributed by atoms with Gasteiger partial charge < -0.3 is 10.2 Å². The number of carbonyl (C=O) groups excluding carboxylic acids is 2. The minimum Gasteiger partial charge on any atom is -0.371 e. The number of ketones is 1. The van der Waals surface area contributed by atoms with Gasteiger partial charge in [-0.15, -0.1) is 0 Å². The molecule has 5 nitrogen and oxygen atoms in total. The Balaban J connectivity index is 2.10. The molecule has 1 saturated heterocycles. The van der Waals surface area contributed by atoms with Crippen molar-refractivity contribution in [2.75, 3.05) is 24.5 Å². The normalized spacial score (nSPS) is 17.2. The third kappa shape index (κ3) is 4.58. The first-order valence-electron chi connectivity index (χ1n) is 8.61. The van der Waals surface area contributed by atoms with E-state index in [2.05, 4.69) is 16.3 Å². The van der Waals surface area contributed by atoms with Crippen molar-refractivity contribution in [2.45, 2.75) is 39.5 Å². The van der Waals surface area contributed by atoms with E-state index in [4.69, 9.17) is 5.26 Å². The van der Waals surface area contributed by atoms with Gasteiger partial charge in [-0.05, 0) is 50.3 Å². The predicted octanol–water partition coefficient (Wildman–Crippen LogP) is 2.89. The van der Waals surface area contributed by atoms with E-state index < -0.39 is 0 Å². The zero-order valence-corrected chi connectivity index (χ0v) is 14.5. The van der Waals surface area contributed by atoms with Crippen LogP contribution in [0.5, 0.6) is 0 Å². The summed E-state index contributed by atoms with van der Waals surface area (Å²) in [4.78, 5) is 25.7. The fourth-order valence-electron chi connectivity index (χ4n) is 3.18. The lowest BCUT2D eigenvalue weighted by Crippen LogP contribution is -2.41. The topological polar surface area (TPSA) is 73.2 Å². The number of nitriles is 1. The fourth-order valence-corrected chi connectivity index (χ4v) is 3.18. The van der Waals surface area contributed by atoms with Crippen molar-refractivity contribution < 1.29 is 9.59 Å². The maximum atomic E-state index is 11.9. The number of nitrogens with one attached hydrogen (secondary N) is 1. The van der Waals surface area contributed by atoms with Crippen LogP contribution in [-0.2, 0) is 4.79 Å². The Kier molecular flexibility index (Phi) is 6.36. The molecule has 1 aromatic carbocycles. The van der Waals surface area contributed by atoms with Crippen LogP contribution in [0.3, 0.4) is 0 Å². The third-order valence-corrected chi connectivity index (χ3v) is 4.43. The molecule has 0 spiro atoms. The van der Waals surface area contributed by atoms with E-state index in [9.17, 15) is 9.59 Å². The summed E-state index contributed by atoms with van der Waals surface area (Å²) in [7, 11) is 0. The highest BCUT2D eigenvalue weighted by molar-refractivity contribution is 6.00. The third-order valence-electron chi connectivity index (χ3n) is 4.43. The molecule has 24 heavy (non-hydrogen) atoms. The standard InChI is InChI=1S/C19H25N3O2/c1-3-5-19(24)21-12-16-6-4-9-22(13-16)18-10-15(11-20)7-8-17(18)14(2)23/h7-8,10,16H,3-6,9,12-13H2,1-2H3,(H,21,24). The molecular weight excluding hydrogens is 302 g/mol. The highest BCUT2D eigenvalue weighted by Gasteiger charge is 2.23. The zero-order chi connectivity index (χ0) is 17.5. The molecule has 0 radical (unpaired) electrons. The van der Waals surface area contributed by atoms with E-state index in [0.29, 0.717) is 30.0 Å². The molecule has 1 atom stereocenters. The number of nitrogens with zero attached hydrogens (tertiary/aromatic N) is 2. The number of anilines is 1. The zero-order valence-electron chi connectivity index (χ0n) is 14.5. The molecule has 1 aliphatic heterocycles. The van der Waals surface area contributed by atoms with Gasteiger partial charge in [-0.2, -0.15) is 5.26 Å². The Morgan fingerprint density at radius 1 is 1.42 bits per heavy atom. The highest BCUT2D eigenvalue weighted by Crippen LogP contribution is 2.28. The van der Waals surface area contributed by atoms with Crippen molar-refractivity contribution in [1.82, 2.24) is 5.32 Å². The minimum atomic E-state index is 0.00728. The Morgan fingerprint density at radius 3 is 2.88 bits per heavy atom. The van der Waals surface area contributed by atoms with Gasteiger partial charge in [0.1, 0.15) is 0 Å². The van der Waals surface area contributed by atoms with Crippen LogP contribution in [0.4, 0.5) is 5.69 Å². The Hall–Kier alpha value is -2.35. The first-order valence-corrected chi connectivity index (χ1v) is 8.61. The molecule has 1 unspecified atom stereocenters. The van der Waals surface area contributed by atoms with E-state index in [1.54, 1.807) is 25.1 Å².